The predicted molar refractivity (Wildman–Crippen MR) is 138 cm³/mol. The molecule has 2 atom stereocenters. The summed E-state index contributed by atoms with van der Waals surface area (Å²) in [5.41, 5.74) is 3.13. The number of imide groups is 1. The van der Waals surface area contributed by atoms with Crippen molar-refractivity contribution in [3.8, 4) is 0 Å². The van der Waals surface area contributed by atoms with Crippen LogP contribution in [0.25, 0.3) is 10.9 Å². The molecule has 2 fully saturated rings. The Balaban J connectivity index is 1.34. The van der Waals surface area contributed by atoms with E-state index in [0.29, 0.717) is 12.0 Å². The maximum atomic E-state index is 13.2. The number of likely N-dealkylation sites (tertiary alicyclic amines) is 1. The monoisotopic (exact) mass is 499 g/mol. The van der Waals surface area contributed by atoms with Gasteiger partial charge in [-0.05, 0) is 48.7 Å². The van der Waals surface area contributed by atoms with Gasteiger partial charge in [0, 0.05) is 29.1 Å². The van der Waals surface area contributed by atoms with Gasteiger partial charge in [0.2, 0.25) is 5.91 Å². The summed E-state index contributed by atoms with van der Waals surface area (Å²) in [6, 6.07) is 16.0. The van der Waals surface area contributed by atoms with Crippen LogP contribution < -0.4 is 16.0 Å². The minimum absolute atomic E-state index is 0.00474. The molecule has 2 aliphatic heterocycles. The van der Waals surface area contributed by atoms with Crippen LogP contribution in [0.1, 0.15) is 41.0 Å². The number of hydrogen-bond acceptors (Lipinski definition) is 5. The van der Waals surface area contributed by atoms with Crippen molar-refractivity contribution in [2.24, 2.45) is 5.92 Å². The zero-order valence-electron chi connectivity index (χ0n) is 21.0. The summed E-state index contributed by atoms with van der Waals surface area (Å²) >= 11 is 0. The molecule has 3 N–H and O–H groups in total. The first-order valence-corrected chi connectivity index (χ1v) is 12.3. The maximum Gasteiger partial charge on any atom is 0.322 e. The van der Waals surface area contributed by atoms with Crippen LogP contribution in [0.3, 0.4) is 0 Å². The van der Waals surface area contributed by atoms with Crippen LogP contribution >= 0.6 is 0 Å². The van der Waals surface area contributed by atoms with Gasteiger partial charge >= 0.3 is 6.03 Å². The molecule has 1 aromatic heterocycles. The molecule has 9 heteroatoms. The Morgan fingerprint density at radius 2 is 1.86 bits per heavy atom. The largest absolute Gasteiger partial charge is 0.345 e. The van der Waals surface area contributed by atoms with Gasteiger partial charge in [0.25, 0.3) is 11.8 Å². The number of hydrogen-bond donors (Lipinski definition) is 3. The van der Waals surface area contributed by atoms with E-state index in [-0.39, 0.29) is 30.8 Å². The number of pyridine rings is 1. The van der Waals surface area contributed by atoms with E-state index in [1.165, 1.54) is 4.90 Å². The number of urea groups is 1. The van der Waals surface area contributed by atoms with Crippen molar-refractivity contribution in [3.63, 3.8) is 0 Å². The minimum atomic E-state index is -1.39. The van der Waals surface area contributed by atoms with E-state index in [4.69, 9.17) is 0 Å². The standard InChI is InChI=1S/C28H29N5O4/c1-16(2)25(35)33-14-23(28(15-33)26(36)31-27(37)32-28)30-24(34)19-10-8-18(9-11-19)13-20-12-17(3)29-22-7-5-4-6-21(20)22/h4-12,16,23H,13-15H2,1-3H3,(H,30,34)(H2,31,32,36,37). The van der Waals surface area contributed by atoms with E-state index >= 15 is 0 Å². The fraction of sp³-hybridized carbons (Fsp3) is 0.321. The van der Waals surface area contributed by atoms with Gasteiger partial charge in [-0.3, -0.25) is 24.7 Å². The highest BCUT2D eigenvalue weighted by Crippen LogP contribution is 2.27. The molecule has 3 aromatic rings. The number of aryl methyl sites for hydroxylation is 1. The lowest BCUT2D eigenvalue weighted by molar-refractivity contribution is -0.133. The molecular weight excluding hydrogens is 470 g/mol. The molecule has 9 nitrogen and oxygen atoms in total. The van der Waals surface area contributed by atoms with E-state index in [1.54, 1.807) is 26.0 Å². The molecular formula is C28H29N5O4. The number of rotatable bonds is 5. The molecule has 2 aliphatic rings. The van der Waals surface area contributed by atoms with Gasteiger partial charge in [-0.2, -0.15) is 0 Å². The van der Waals surface area contributed by atoms with Gasteiger partial charge in [-0.1, -0.05) is 44.2 Å². The van der Waals surface area contributed by atoms with Crippen LogP contribution in [-0.4, -0.2) is 58.3 Å². The van der Waals surface area contributed by atoms with Gasteiger partial charge in [-0.25, -0.2) is 4.79 Å². The summed E-state index contributed by atoms with van der Waals surface area (Å²) in [4.78, 5) is 56.6. The lowest BCUT2D eigenvalue weighted by atomic mass is 9.93. The van der Waals surface area contributed by atoms with Crippen LogP contribution in [0, 0.1) is 12.8 Å². The Labute approximate surface area is 214 Å². The summed E-state index contributed by atoms with van der Waals surface area (Å²) < 4.78 is 0. The summed E-state index contributed by atoms with van der Waals surface area (Å²) in [5.74, 6) is -1.35. The average molecular weight is 500 g/mol. The van der Waals surface area contributed by atoms with Crippen LogP contribution in [-0.2, 0) is 16.0 Å². The first kappa shape index (κ1) is 24.4. The molecule has 0 saturated carbocycles. The van der Waals surface area contributed by atoms with Gasteiger partial charge in [-0.15, -0.1) is 0 Å². The SMILES string of the molecule is Cc1cc(Cc2ccc(C(=O)NC3CN(C(=O)C(C)C)CC34NC(=O)NC4=O)cc2)c2ccccc2n1. The molecule has 5 rings (SSSR count). The highest BCUT2D eigenvalue weighted by Gasteiger charge is 2.58. The molecule has 0 bridgehead atoms. The predicted octanol–water partition coefficient (Wildman–Crippen LogP) is 2.31. The number of nitrogens with one attached hydrogen (secondary N) is 3. The second kappa shape index (κ2) is 9.31. The first-order chi connectivity index (χ1) is 17.7. The minimum Gasteiger partial charge on any atom is -0.345 e. The maximum absolute atomic E-state index is 13.2. The summed E-state index contributed by atoms with van der Waals surface area (Å²) in [7, 11) is 0. The normalized spacial score (nSPS) is 21.0. The van der Waals surface area contributed by atoms with E-state index in [9.17, 15) is 19.2 Å². The second-order valence-corrected chi connectivity index (χ2v) is 10.1. The second-order valence-electron chi connectivity index (χ2n) is 10.1. The highest BCUT2D eigenvalue weighted by molar-refractivity contribution is 6.09. The molecule has 0 aliphatic carbocycles. The molecule has 0 radical (unpaired) electrons. The number of fused-ring (bicyclic) bond motifs is 1. The number of carbonyl (C=O) groups excluding carboxylic acids is 4. The Bertz CT molecular complexity index is 1420. The fourth-order valence-electron chi connectivity index (χ4n) is 5.19. The molecule has 2 saturated heterocycles. The number of benzene rings is 2. The van der Waals surface area contributed by atoms with E-state index < -0.39 is 23.5 Å². The number of amides is 5. The van der Waals surface area contributed by atoms with Crippen molar-refractivity contribution in [2.75, 3.05) is 13.1 Å². The van der Waals surface area contributed by atoms with Gasteiger partial charge in [0.1, 0.15) is 0 Å². The fourth-order valence-corrected chi connectivity index (χ4v) is 5.19. The number of carbonyl (C=O) groups is 4. The van der Waals surface area contributed by atoms with Crippen molar-refractivity contribution in [1.29, 1.82) is 0 Å². The Hall–Kier alpha value is -4.27. The van der Waals surface area contributed by atoms with Crippen molar-refractivity contribution >= 4 is 34.7 Å². The Kier molecular flexibility index (Phi) is 6.15. The van der Waals surface area contributed by atoms with Crippen LogP contribution in [0.4, 0.5) is 4.79 Å². The third-order valence-electron chi connectivity index (χ3n) is 7.06. The Morgan fingerprint density at radius 3 is 2.54 bits per heavy atom. The van der Waals surface area contributed by atoms with E-state index in [0.717, 1.165) is 27.7 Å². The summed E-state index contributed by atoms with van der Waals surface area (Å²) in [5, 5.41) is 8.88. The average Bonchev–Trinajstić information content (AvgIpc) is 3.36. The molecule has 2 unspecified atom stereocenters. The third kappa shape index (κ3) is 4.52. The van der Waals surface area contributed by atoms with Crippen LogP contribution in [0.2, 0.25) is 0 Å². The molecule has 5 amide bonds. The van der Waals surface area contributed by atoms with Crippen LogP contribution in [0.5, 0.6) is 0 Å². The summed E-state index contributed by atoms with van der Waals surface area (Å²) in [6.45, 7) is 5.65. The lowest BCUT2D eigenvalue weighted by Crippen LogP contribution is -2.62. The molecule has 37 heavy (non-hydrogen) atoms. The molecule has 2 aromatic carbocycles. The van der Waals surface area contributed by atoms with Crippen molar-refractivity contribution < 1.29 is 19.2 Å². The Morgan fingerprint density at radius 1 is 1.14 bits per heavy atom. The highest BCUT2D eigenvalue weighted by atomic mass is 16.2. The topological polar surface area (TPSA) is 121 Å². The third-order valence-corrected chi connectivity index (χ3v) is 7.06. The number of aromatic nitrogens is 1. The smallest absolute Gasteiger partial charge is 0.322 e. The van der Waals surface area contributed by atoms with Crippen molar-refractivity contribution in [3.05, 3.63) is 77.0 Å². The molecule has 1 spiro atoms. The van der Waals surface area contributed by atoms with Gasteiger partial charge in [0.15, 0.2) is 5.54 Å². The molecule has 190 valence electrons. The van der Waals surface area contributed by atoms with Crippen molar-refractivity contribution in [1.82, 2.24) is 25.8 Å². The lowest BCUT2D eigenvalue weighted by Gasteiger charge is -2.27. The van der Waals surface area contributed by atoms with Crippen LogP contribution in [0.15, 0.2) is 54.6 Å². The number of para-hydroxylation sites is 1. The first-order valence-electron chi connectivity index (χ1n) is 12.3. The zero-order valence-corrected chi connectivity index (χ0v) is 21.0. The van der Waals surface area contributed by atoms with Crippen molar-refractivity contribution in [2.45, 2.75) is 38.8 Å². The van der Waals surface area contributed by atoms with Gasteiger partial charge < -0.3 is 15.5 Å². The number of nitrogens with zero attached hydrogens (tertiary/aromatic N) is 2. The van der Waals surface area contributed by atoms with E-state index in [2.05, 4.69) is 33.1 Å². The van der Waals surface area contributed by atoms with Gasteiger partial charge in [0.05, 0.1) is 18.1 Å². The quantitative estimate of drug-likeness (QED) is 0.466. The van der Waals surface area contributed by atoms with E-state index in [1.807, 2.05) is 37.3 Å². The summed E-state index contributed by atoms with van der Waals surface area (Å²) in [6.07, 6.45) is 0.690. The zero-order chi connectivity index (χ0) is 26.3. The molecule has 3 heterocycles.